The van der Waals surface area contributed by atoms with Gasteiger partial charge in [-0.2, -0.15) is 5.10 Å². The summed E-state index contributed by atoms with van der Waals surface area (Å²) in [4.78, 5) is 39.6. The summed E-state index contributed by atoms with van der Waals surface area (Å²) in [5, 5.41) is 13.9. The lowest BCUT2D eigenvalue weighted by atomic mass is 9.79. The van der Waals surface area contributed by atoms with Gasteiger partial charge in [0, 0.05) is 48.6 Å². The molecule has 3 fully saturated rings. The van der Waals surface area contributed by atoms with E-state index in [0.29, 0.717) is 30.7 Å². The average Bonchev–Trinajstić information content (AvgIpc) is 3.61. The maximum atomic E-state index is 14.1. The number of amides is 2. The molecule has 4 heterocycles. The van der Waals surface area contributed by atoms with Crippen LogP contribution in [0.3, 0.4) is 0 Å². The Morgan fingerprint density at radius 1 is 1.04 bits per heavy atom. The number of aryl methyl sites for hydroxylation is 1. The summed E-state index contributed by atoms with van der Waals surface area (Å²) in [6.45, 7) is 5.35. The van der Waals surface area contributed by atoms with Gasteiger partial charge >= 0.3 is 6.09 Å². The predicted molar refractivity (Wildman–Crippen MR) is 183 cm³/mol. The largest absolute Gasteiger partial charge is 0.495 e. The van der Waals surface area contributed by atoms with E-state index >= 15 is 0 Å². The highest BCUT2D eigenvalue weighted by Gasteiger charge is 2.34. The number of rotatable bonds is 11. The summed E-state index contributed by atoms with van der Waals surface area (Å²) in [5.74, 6) is 2.58. The van der Waals surface area contributed by atoms with Crippen LogP contribution >= 0.6 is 0 Å². The minimum Gasteiger partial charge on any atom is -0.495 e. The van der Waals surface area contributed by atoms with E-state index < -0.39 is 6.09 Å². The van der Waals surface area contributed by atoms with Crippen molar-refractivity contribution in [3.05, 3.63) is 54.2 Å². The third-order valence-electron chi connectivity index (χ3n) is 10.7. The SMILES string of the molecule is COc1ccc(C2CCC(CN(C(=O)C3CCCCC3)c3cc(-c4cnn(C(C)COC(=O)N5CC[C@H]5CO)c4)ccn3)CC2)nc1C. The molecule has 2 atom stereocenters. The molecule has 3 aliphatic rings. The highest BCUT2D eigenvalue weighted by molar-refractivity contribution is 5.94. The zero-order valence-electron chi connectivity index (χ0n) is 28.6. The fourth-order valence-corrected chi connectivity index (χ4v) is 7.47. The second-order valence-electron chi connectivity index (χ2n) is 13.9. The maximum Gasteiger partial charge on any atom is 0.410 e. The van der Waals surface area contributed by atoms with Crippen LogP contribution in [0.5, 0.6) is 5.75 Å². The van der Waals surface area contributed by atoms with Gasteiger partial charge in [0.15, 0.2) is 0 Å². The van der Waals surface area contributed by atoms with Gasteiger partial charge in [-0.3, -0.25) is 19.4 Å². The predicted octanol–water partition coefficient (Wildman–Crippen LogP) is 6.31. The van der Waals surface area contributed by atoms with Gasteiger partial charge in [0.25, 0.3) is 0 Å². The number of ether oxygens (including phenoxy) is 2. The molecule has 1 aliphatic heterocycles. The number of nitrogens with zero attached hydrogens (tertiary/aromatic N) is 6. The molecule has 1 saturated heterocycles. The highest BCUT2D eigenvalue weighted by atomic mass is 16.6. The Kier molecular flexibility index (Phi) is 10.9. The van der Waals surface area contributed by atoms with E-state index in [1.807, 2.05) is 43.1 Å². The monoisotopic (exact) mass is 658 g/mol. The highest BCUT2D eigenvalue weighted by Crippen LogP contribution is 2.38. The number of carbonyl (C=O) groups is 2. The molecule has 2 aliphatic carbocycles. The van der Waals surface area contributed by atoms with Gasteiger partial charge in [0.2, 0.25) is 5.91 Å². The topological polar surface area (TPSA) is 123 Å². The lowest BCUT2D eigenvalue weighted by molar-refractivity contribution is -0.123. The number of aliphatic hydroxyl groups is 1. The van der Waals surface area contributed by atoms with Crippen molar-refractivity contribution in [1.82, 2.24) is 24.6 Å². The standard InChI is InChI=1S/C37H50N6O5/c1-25(24-48-37(46)41-18-16-32(41)23-44)43-22-31(20-39-43)30-15-17-38-35(19-30)42(36(45)29-7-5-4-6-8-29)21-27-9-11-28(12-10-27)33-13-14-34(47-3)26(2)40-33/h13-15,17,19-20,22,25,27-29,32,44H,4-12,16,18,21,23-24H2,1-3H3/t25?,27?,28?,32-/m0/s1. The van der Waals surface area contributed by atoms with Crippen LogP contribution in [0.15, 0.2) is 42.9 Å². The van der Waals surface area contributed by atoms with Crippen LogP contribution in [0.4, 0.5) is 10.6 Å². The summed E-state index contributed by atoms with van der Waals surface area (Å²) < 4.78 is 12.7. The second-order valence-corrected chi connectivity index (χ2v) is 13.9. The fraction of sp³-hybridized carbons (Fsp3) is 0.595. The molecule has 1 N–H and O–H groups in total. The quantitative estimate of drug-likeness (QED) is 0.254. The lowest BCUT2D eigenvalue weighted by Gasteiger charge is -2.38. The number of methoxy groups -OCH3 is 1. The Labute approximate surface area is 283 Å². The van der Waals surface area contributed by atoms with E-state index in [-0.39, 0.29) is 37.1 Å². The Morgan fingerprint density at radius 3 is 2.52 bits per heavy atom. The second kappa shape index (κ2) is 15.5. The number of hydrogen-bond donors (Lipinski definition) is 1. The Morgan fingerprint density at radius 2 is 1.83 bits per heavy atom. The van der Waals surface area contributed by atoms with Gasteiger partial charge in [0.05, 0.1) is 37.7 Å². The number of likely N-dealkylation sites (tertiary alicyclic amines) is 1. The molecule has 0 radical (unpaired) electrons. The van der Waals surface area contributed by atoms with E-state index in [9.17, 15) is 14.7 Å². The molecule has 0 aromatic carbocycles. The molecular weight excluding hydrogens is 608 g/mol. The molecule has 6 rings (SSSR count). The van der Waals surface area contributed by atoms with Crippen molar-refractivity contribution in [2.24, 2.45) is 11.8 Å². The van der Waals surface area contributed by atoms with Crippen LogP contribution in [-0.4, -0.2) is 81.2 Å². The van der Waals surface area contributed by atoms with E-state index in [4.69, 9.17) is 19.4 Å². The molecule has 2 saturated carbocycles. The van der Waals surface area contributed by atoms with Crippen molar-refractivity contribution in [3.63, 3.8) is 0 Å². The zero-order valence-corrected chi connectivity index (χ0v) is 28.6. The Bertz CT molecular complexity index is 1540. The van der Waals surface area contributed by atoms with Crippen LogP contribution in [0.25, 0.3) is 11.1 Å². The maximum absolute atomic E-state index is 14.1. The lowest BCUT2D eigenvalue weighted by Crippen LogP contribution is -2.53. The van der Waals surface area contributed by atoms with E-state index in [0.717, 1.165) is 86.1 Å². The molecule has 1 unspecified atom stereocenters. The molecule has 2 amide bonds. The fourth-order valence-electron chi connectivity index (χ4n) is 7.47. The summed E-state index contributed by atoms with van der Waals surface area (Å²) in [6.07, 6.45) is 15.4. The number of aromatic nitrogens is 4. The summed E-state index contributed by atoms with van der Waals surface area (Å²) in [6, 6.07) is 7.77. The van der Waals surface area contributed by atoms with E-state index in [1.165, 1.54) is 6.42 Å². The molecule has 48 heavy (non-hydrogen) atoms. The number of pyridine rings is 2. The molecule has 0 bridgehead atoms. The minimum absolute atomic E-state index is 0.0437. The molecule has 0 spiro atoms. The third kappa shape index (κ3) is 7.66. The Hall–Kier alpha value is -3.99. The third-order valence-corrected chi connectivity index (χ3v) is 10.7. The van der Waals surface area contributed by atoms with Crippen LogP contribution in [0.2, 0.25) is 0 Å². The molecule has 11 heteroatoms. The average molecular weight is 659 g/mol. The van der Waals surface area contributed by atoms with Gasteiger partial charge in [-0.25, -0.2) is 9.78 Å². The van der Waals surface area contributed by atoms with Crippen molar-refractivity contribution in [2.45, 2.75) is 96.1 Å². The van der Waals surface area contributed by atoms with Crippen LogP contribution in [0, 0.1) is 18.8 Å². The molecule has 3 aromatic rings. The van der Waals surface area contributed by atoms with Crippen molar-refractivity contribution in [1.29, 1.82) is 0 Å². The number of aliphatic hydroxyl groups excluding tert-OH is 1. The van der Waals surface area contributed by atoms with E-state index in [2.05, 4.69) is 11.2 Å². The molecule has 3 aromatic heterocycles. The minimum atomic E-state index is -0.401. The van der Waals surface area contributed by atoms with Crippen molar-refractivity contribution in [3.8, 4) is 16.9 Å². The molecule has 11 nitrogen and oxygen atoms in total. The van der Waals surface area contributed by atoms with Gasteiger partial charge in [0.1, 0.15) is 18.2 Å². The van der Waals surface area contributed by atoms with Crippen LogP contribution in [0.1, 0.15) is 94.5 Å². The van der Waals surface area contributed by atoms with Crippen molar-refractivity contribution < 1.29 is 24.2 Å². The molecule has 258 valence electrons. The van der Waals surface area contributed by atoms with E-state index in [1.54, 1.807) is 29.1 Å². The molecular formula is C37H50N6O5. The normalized spacial score (nSPS) is 22.1. The first-order chi connectivity index (χ1) is 23.3. The van der Waals surface area contributed by atoms with Crippen molar-refractivity contribution >= 4 is 17.8 Å². The summed E-state index contributed by atoms with van der Waals surface area (Å²) in [7, 11) is 1.68. The first kappa shape index (κ1) is 33.9. The van der Waals surface area contributed by atoms with Crippen LogP contribution in [-0.2, 0) is 9.53 Å². The van der Waals surface area contributed by atoms with Crippen LogP contribution < -0.4 is 9.64 Å². The Balaban J connectivity index is 1.13. The summed E-state index contributed by atoms with van der Waals surface area (Å²) >= 11 is 0. The zero-order chi connectivity index (χ0) is 33.6. The van der Waals surface area contributed by atoms with Gasteiger partial charge in [-0.05, 0) is 94.5 Å². The summed E-state index contributed by atoms with van der Waals surface area (Å²) in [5.41, 5.74) is 3.91. The van der Waals surface area contributed by atoms with Crippen molar-refractivity contribution in [2.75, 3.05) is 38.3 Å². The number of carbonyl (C=O) groups excluding carboxylic acids is 2. The first-order valence-corrected chi connectivity index (χ1v) is 17.7. The van der Waals surface area contributed by atoms with Gasteiger partial charge < -0.3 is 19.5 Å². The first-order valence-electron chi connectivity index (χ1n) is 17.7. The number of hydrogen-bond acceptors (Lipinski definition) is 8. The number of anilines is 1. The van der Waals surface area contributed by atoms with Gasteiger partial charge in [-0.1, -0.05) is 19.3 Å². The van der Waals surface area contributed by atoms with Gasteiger partial charge in [-0.15, -0.1) is 0 Å². The smallest absolute Gasteiger partial charge is 0.410 e.